The van der Waals surface area contributed by atoms with Crippen LogP contribution in [0.4, 0.5) is 18.9 Å². The molecule has 0 bridgehead atoms. The molecule has 0 saturated heterocycles. The van der Waals surface area contributed by atoms with Crippen molar-refractivity contribution in [2.24, 2.45) is 0 Å². The Morgan fingerprint density at radius 3 is 2.55 bits per heavy atom. The third kappa shape index (κ3) is 7.62. The molecule has 0 saturated carbocycles. The first kappa shape index (κ1) is 23.1. The average Bonchev–Trinajstić information content (AvgIpc) is 2.64. The lowest BCUT2D eigenvalue weighted by Crippen LogP contribution is -2.44. The van der Waals surface area contributed by atoms with Crippen LogP contribution in [0.5, 0.6) is 5.75 Å². The van der Waals surface area contributed by atoms with Crippen LogP contribution in [-0.2, 0) is 4.79 Å². The van der Waals surface area contributed by atoms with Gasteiger partial charge in [0, 0.05) is 16.2 Å². The van der Waals surface area contributed by atoms with Crippen molar-refractivity contribution in [2.45, 2.75) is 18.8 Å². The zero-order chi connectivity index (χ0) is 21.4. The highest BCUT2D eigenvalue weighted by atomic mass is 79.9. The SMILES string of the molecule is CSCCC(NC(=O)c1ccccc1Br)C(=O)Nc1cccc(OC(F)(F)F)c1. The van der Waals surface area contributed by atoms with Gasteiger partial charge in [0.2, 0.25) is 5.91 Å². The molecule has 0 fully saturated rings. The van der Waals surface area contributed by atoms with Crippen LogP contribution in [-0.4, -0.2) is 36.2 Å². The van der Waals surface area contributed by atoms with Gasteiger partial charge in [-0.3, -0.25) is 9.59 Å². The Morgan fingerprint density at radius 1 is 1.17 bits per heavy atom. The molecular weight excluding hydrogens is 473 g/mol. The van der Waals surface area contributed by atoms with Crippen molar-refractivity contribution >= 4 is 45.2 Å². The maximum Gasteiger partial charge on any atom is 0.573 e. The van der Waals surface area contributed by atoms with Gasteiger partial charge in [0.25, 0.3) is 5.91 Å². The molecule has 2 amide bonds. The van der Waals surface area contributed by atoms with E-state index in [1.54, 1.807) is 24.3 Å². The first-order valence-corrected chi connectivity index (χ1v) is 10.6. The van der Waals surface area contributed by atoms with Crippen LogP contribution in [0, 0.1) is 0 Å². The van der Waals surface area contributed by atoms with Crippen LogP contribution in [0.3, 0.4) is 0 Å². The van der Waals surface area contributed by atoms with Crippen LogP contribution >= 0.6 is 27.7 Å². The minimum Gasteiger partial charge on any atom is -0.406 e. The van der Waals surface area contributed by atoms with Crippen LogP contribution in [0.15, 0.2) is 53.0 Å². The number of hydrogen-bond acceptors (Lipinski definition) is 4. The Hall–Kier alpha value is -2.20. The second-order valence-electron chi connectivity index (χ2n) is 5.85. The summed E-state index contributed by atoms with van der Waals surface area (Å²) in [6.45, 7) is 0. The molecule has 0 aliphatic heterocycles. The zero-order valence-corrected chi connectivity index (χ0v) is 17.7. The summed E-state index contributed by atoms with van der Waals surface area (Å²) in [5.41, 5.74) is 0.496. The summed E-state index contributed by atoms with van der Waals surface area (Å²) in [5.74, 6) is -0.823. The molecule has 2 N–H and O–H groups in total. The van der Waals surface area contributed by atoms with Gasteiger partial charge in [-0.2, -0.15) is 11.8 Å². The van der Waals surface area contributed by atoms with Gasteiger partial charge < -0.3 is 15.4 Å². The molecule has 29 heavy (non-hydrogen) atoms. The van der Waals surface area contributed by atoms with E-state index in [9.17, 15) is 22.8 Å². The highest BCUT2D eigenvalue weighted by Gasteiger charge is 2.31. The maximum absolute atomic E-state index is 12.7. The topological polar surface area (TPSA) is 67.4 Å². The van der Waals surface area contributed by atoms with Crippen LogP contribution < -0.4 is 15.4 Å². The highest BCUT2D eigenvalue weighted by Crippen LogP contribution is 2.25. The molecule has 0 radical (unpaired) electrons. The Morgan fingerprint density at radius 2 is 1.90 bits per heavy atom. The van der Waals surface area contributed by atoms with E-state index < -0.39 is 30.0 Å². The second-order valence-corrected chi connectivity index (χ2v) is 7.69. The van der Waals surface area contributed by atoms with E-state index in [1.165, 1.54) is 23.9 Å². The molecule has 10 heteroatoms. The molecule has 0 aliphatic carbocycles. The molecule has 0 aliphatic rings. The van der Waals surface area contributed by atoms with Crippen molar-refractivity contribution in [3.63, 3.8) is 0 Å². The van der Waals surface area contributed by atoms with Gasteiger partial charge in [-0.15, -0.1) is 13.2 Å². The number of rotatable bonds is 8. The van der Waals surface area contributed by atoms with Crippen molar-refractivity contribution in [3.05, 3.63) is 58.6 Å². The normalized spacial score (nSPS) is 12.2. The number of amides is 2. The second kappa shape index (κ2) is 10.5. The summed E-state index contributed by atoms with van der Waals surface area (Å²) in [4.78, 5) is 25.2. The first-order valence-electron chi connectivity index (χ1n) is 8.40. The minimum atomic E-state index is -4.83. The predicted molar refractivity (Wildman–Crippen MR) is 110 cm³/mol. The molecule has 156 valence electrons. The van der Waals surface area contributed by atoms with Gasteiger partial charge in [0.15, 0.2) is 0 Å². The van der Waals surface area contributed by atoms with Gasteiger partial charge in [-0.25, -0.2) is 0 Å². The maximum atomic E-state index is 12.7. The minimum absolute atomic E-state index is 0.126. The number of ether oxygens (including phenoxy) is 1. The lowest BCUT2D eigenvalue weighted by atomic mass is 10.1. The molecule has 0 aromatic heterocycles. The lowest BCUT2D eigenvalue weighted by Gasteiger charge is -2.19. The summed E-state index contributed by atoms with van der Waals surface area (Å²) in [5, 5.41) is 5.20. The van der Waals surface area contributed by atoms with Gasteiger partial charge in [0.1, 0.15) is 11.8 Å². The molecule has 1 atom stereocenters. The van der Waals surface area contributed by atoms with E-state index in [-0.39, 0.29) is 5.69 Å². The summed E-state index contributed by atoms with van der Waals surface area (Å²) in [6, 6.07) is 10.9. The number of nitrogens with one attached hydrogen (secondary N) is 2. The summed E-state index contributed by atoms with van der Waals surface area (Å²) in [6.07, 6.45) is -2.62. The standard InChI is InChI=1S/C19H18BrF3N2O3S/c1-29-10-9-16(25-17(26)14-7-2-3-8-15(14)20)18(27)24-12-5-4-6-13(11-12)28-19(21,22)23/h2-8,11,16H,9-10H2,1H3,(H,24,27)(H,25,26). The van der Waals surface area contributed by atoms with Crippen LogP contribution in [0.25, 0.3) is 0 Å². The predicted octanol–water partition coefficient (Wildman–Crippen LogP) is 4.84. The van der Waals surface area contributed by atoms with Gasteiger partial charge >= 0.3 is 6.36 Å². The number of halogens is 4. The third-order valence-electron chi connectivity index (χ3n) is 3.69. The largest absolute Gasteiger partial charge is 0.573 e. The Kier molecular flexibility index (Phi) is 8.39. The quantitative estimate of drug-likeness (QED) is 0.555. The molecular formula is C19H18BrF3N2O3S. The number of alkyl halides is 3. The van der Waals surface area contributed by atoms with E-state index in [0.29, 0.717) is 22.2 Å². The molecule has 5 nitrogen and oxygen atoms in total. The van der Waals surface area contributed by atoms with Crippen LogP contribution in [0.2, 0.25) is 0 Å². The lowest BCUT2D eigenvalue weighted by molar-refractivity contribution is -0.274. The number of thioether (sulfide) groups is 1. The fraction of sp³-hybridized carbons (Fsp3) is 0.263. The molecule has 2 aromatic rings. The highest BCUT2D eigenvalue weighted by molar-refractivity contribution is 9.10. The molecule has 0 spiro atoms. The van der Waals surface area contributed by atoms with Crippen molar-refractivity contribution in [2.75, 3.05) is 17.3 Å². The third-order valence-corrected chi connectivity index (χ3v) is 5.02. The van der Waals surface area contributed by atoms with Crippen molar-refractivity contribution in [1.82, 2.24) is 5.32 Å². The molecule has 2 aromatic carbocycles. The monoisotopic (exact) mass is 490 g/mol. The molecule has 2 rings (SSSR count). The van der Waals surface area contributed by atoms with E-state index >= 15 is 0 Å². The first-order chi connectivity index (χ1) is 13.7. The Bertz CT molecular complexity index is 865. The van der Waals surface area contributed by atoms with Crippen LogP contribution in [0.1, 0.15) is 16.8 Å². The fourth-order valence-corrected chi connectivity index (χ4v) is 3.32. The van der Waals surface area contributed by atoms with E-state index in [2.05, 4.69) is 31.3 Å². The van der Waals surface area contributed by atoms with E-state index in [1.807, 2.05) is 6.26 Å². The summed E-state index contributed by atoms with van der Waals surface area (Å²) in [7, 11) is 0. The summed E-state index contributed by atoms with van der Waals surface area (Å²) < 4.78 is 41.6. The van der Waals surface area contributed by atoms with E-state index in [4.69, 9.17) is 0 Å². The van der Waals surface area contributed by atoms with Gasteiger partial charge in [0.05, 0.1) is 5.56 Å². The number of anilines is 1. The van der Waals surface area contributed by atoms with E-state index in [0.717, 1.165) is 12.1 Å². The van der Waals surface area contributed by atoms with Gasteiger partial charge in [-0.05, 0) is 58.6 Å². The fourth-order valence-electron chi connectivity index (χ4n) is 2.39. The van der Waals surface area contributed by atoms with Crippen molar-refractivity contribution in [3.8, 4) is 5.75 Å². The number of benzene rings is 2. The summed E-state index contributed by atoms with van der Waals surface area (Å²) >= 11 is 4.79. The number of carbonyl (C=O) groups is 2. The molecule has 0 heterocycles. The average molecular weight is 491 g/mol. The zero-order valence-electron chi connectivity index (χ0n) is 15.3. The van der Waals surface area contributed by atoms with Crippen molar-refractivity contribution in [1.29, 1.82) is 0 Å². The number of carbonyl (C=O) groups excluding carboxylic acids is 2. The Labute approximate surface area is 178 Å². The smallest absolute Gasteiger partial charge is 0.406 e. The Balaban J connectivity index is 2.11. The van der Waals surface area contributed by atoms with Gasteiger partial charge in [-0.1, -0.05) is 18.2 Å². The number of hydrogen-bond donors (Lipinski definition) is 2. The van der Waals surface area contributed by atoms with Crippen molar-refractivity contribution < 1.29 is 27.5 Å². The molecule has 1 unspecified atom stereocenters.